The third kappa shape index (κ3) is 2.12. The van der Waals surface area contributed by atoms with Crippen LogP contribution in [0, 0.1) is 6.92 Å². The van der Waals surface area contributed by atoms with Crippen molar-refractivity contribution in [3.05, 3.63) is 71.3 Å². The van der Waals surface area contributed by atoms with Gasteiger partial charge in [-0.2, -0.15) is 0 Å². The number of benzene rings is 1. The van der Waals surface area contributed by atoms with Crippen molar-refractivity contribution >= 4 is 0 Å². The van der Waals surface area contributed by atoms with E-state index in [1.807, 2.05) is 0 Å². The molecule has 0 saturated heterocycles. The maximum Gasteiger partial charge on any atom is 0.0352 e. The molecule has 1 saturated carbocycles. The summed E-state index contributed by atoms with van der Waals surface area (Å²) in [4.78, 5) is 0. The van der Waals surface area contributed by atoms with Gasteiger partial charge in [-0.25, -0.2) is 0 Å². The Hall–Kier alpha value is -1.56. The highest BCUT2D eigenvalue weighted by Gasteiger charge is 2.29. The van der Waals surface area contributed by atoms with Gasteiger partial charge in [-0.3, -0.25) is 0 Å². The summed E-state index contributed by atoms with van der Waals surface area (Å²) in [7, 11) is 0. The van der Waals surface area contributed by atoms with E-state index in [1.165, 1.54) is 24.0 Å². The third-order valence-electron chi connectivity index (χ3n) is 3.65. The molecule has 0 heterocycles. The second kappa shape index (κ2) is 4.03. The largest absolute Gasteiger partial charge is 0.0830 e. The van der Waals surface area contributed by atoms with Crippen LogP contribution in [-0.2, 0) is 5.41 Å². The van der Waals surface area contributed by atoms with Gasteiger partial charge in [0.15, 0.2) is 0 Å². The summed E-state index contributed by atoms with van der Waals surface area (Å²) in [6, 6.07) is 8.92. The molecule has 1 fully saturated rings. The number of rotatable bonds is 2. The average Bonchev–Trinajstić information content (AvgIpc) is 3.14. The Bertz CT molecular complexity index is 511. The van der Waals surface area contributed by atoms with Gasteiger partial charge >= 0.3 is 0 Å². The Morgan fingerprint density at radius 1 is 1.18 bits per heavy atom. The lowest BCUT2D eigenvalue weighted by Crippen LogP contribution is -2.21. The topological polar surface area (TPSA) is 0 Å². The molecule has 0 aromatic heterocycles. The highest BCUT2D eigenvalue weighted by molar-refractivity contribution is 5.44. The van der Waals surface area contributed by atoms with Crippen molar-refractivity contribution < 1.29 is 0 Å². The van der Waals surface area contributed by atoms with Crippen molar-refractivity contribution in [2.45, 2.75) is 31.6 Å². The molecule has 0 aliphatic heterocycles. The zero-order chi connectivity index (χ0) is 11.7. The van der Waals surface area contributed by atoms with E-state index in [1.54, 1.807) is 5.57 Å². The normalized spacial score (nSPS) is 26.1. The van der Waals surface area contributed by atoms with Gasteiger partial charge in [0.05, 0.1) is 0 Å². The van der Waals surface area contributed by atoms with Gasteiger partial charge in [0.2, 0.25) is 0 Å². The minimum Gasteiger partial charge on any atom is -0.0830 e. The molecule has 86 valence electrons. The molecular weight excluding hydrogens is 204 g/mol. The first-order chi connectivity index (χ1) is 8.28. The molecular formula is C17H18. The molecule has 0 N–H and O–H groups in total. The van der Waals surface area contributed by atoms with Crippen LogP contribution >= 0.6 is 0 Å². The van der Waals surface area contributed by atoms with E-state index in [-0.39, 0.29) is 5.41 Å². The van der Waals surface area contributed by atoms with E-state index in [4.69, 9.17) is 0 Å². The predicted octanol–water partition coefficient (Wildman–Crippen LogP) is 4.47. The summed E-state index contributed by atoms with van der Waals surface area (Å²) >= 11 is 0. The van der Waals surface area contributed by atoms with Gasteiger partial charge in [0.25, 0.3) is 0 Å². The summed E-state index contributed by atoms with van der Waals surface area (Å²) in [5.41, 5.74) is 4.51. The predicted molar refractivity (Wildman–Crippen MR) is 73.1 cm³/mol. The number of aryl methyl sites for hydroxylation is 1. The Morgan fingerprint density at radius 2 is 2.06 bits per heavy atom. The fourth-order valence-corrected chi connectivity index (χ4v) is 2.56. The van der Waals surface area contributed by atoms with Crippen molar-refractivity contribution in [2.24, 2.45) is 0 Å². The molecule has 1 unspecified atom stereocenters. The van der Waals surface area contributed by atoms with Crippen molar-refractivity contribution in [2.75, 3.05) is 0 Å². The fraction of sp³-hybridized carbons (Fsp3) is 0.294. The molecule has 0 spiro atoms. The number of hydrogen-bond acceptors (Lipinski definition) is 0. The van der Waals surface area contributed by atoms with Crippen LogP contribution in [0.1, 0.15) is 30.4 Å². The van der Waals surface area contributed by atoms with Crippen molar-refractivity contribution in [3.8, 4) is 0 Å². The minimum absolute atomic E-state index is 0.118. The van der Waals surface area contributed by atoms with Crippen LogP contribution in [0.25, 0.3) is 0 Å². The van der Waals surface area contributed by atoms with Gasteiger partial charge in [-0.15, -0.1) is 0 Å². The smallest absolute Gasteiger partial charge is 0.0352 e. The SMILES string of the molecule is Cc1cccc(C2(C=C3CC3)C=CC=CC2)c1. The first-order valence-electron chi connectivity index (χ1n) is 6.41. The van der Waals surface area contributed by atoms with Gasteiger partial charge in [0, 0.05) is 5.41 Å². The maximum atomic E-state index is 2.49. The van der Waals surface area contributed by atoms with Crippen LogP contribution in [0.15, 0.2) is 60.2 Å². The zero-order valence-electron chi connectivity index (χ0n) is 10.3. The molecule has 1 aromatic rings. The molecule has 17 heavy (non-hydrogen) atoms. The molecule has 0 radical (unpaired) electrons. The molecule has 0 bridgehead atoms. The van der Waals surface area contributed by atoms with Crippen LogP contribution in [0.3, 0.4) is 0 Å². The lowest BCUT2D eigenvalue weighted by molar-refractivity contribution is 0.672. The second-order valence-electron chi connectivity index (χ2n) is 5.20. The first-order valence-corrected chi connectivity index (χ1v) is 6.41. The molecule has 0 heteroatoms. The molecule has 3 rings (SSSR count). The van der Waals surface area contributed by atoms with E-state index in [0.717, 1.165) is 6.42 Å². The third-order valence-corrected chi connectivity index (χ3v) is 3.65. The summed E-state index contributed by atoms with van der Waals surface area (Å²) in [6.45, 7) is 2.17. The van der Waals surface area contributed by atoms with E-state index in [0.29, 0.717) is 0 Å². The first kappa shape index (κ1) is 10.6. The second-order valence-corrected chi connectivity index (χ2v) is 5.20. The lowest BCUT2D eigenvalue weighted by atomic mass is 9.74. The minimum atomic E-state index is 0.118. The van der Waals surface area contributed by atoms with E-state index in [9.17, 15) is 0 Å². The Morgan fingerprint density at radius 3 is 2.71 bits per heavy atom. The quantitative estimate of drug-likeness (QED) is 0.648. The van der Waals surface area contributed by atoms with Crippen LogP contribution in [0.4, 0.5) is 0 Å². The summed E-state index contributed by atoms with van der Waals surface area (Å²) in [5, 5.41) is 0. The maximum absolute atomic E-state index is 2.49. The van der Waals surface area contributed by atoms with Crippen LogP contribution < -0.4 is 0 Å². The number of allylic oxidation sites excluding steroid dienone is 6. The Kier molecular flexibility index (Phi) is 2.51. The molecule has 0 nitrogen and oxygen atoms in total. The lowest BCUT2D eigenvalue weighted by Gasteiger charge is -2.29. The molecule has 1 atom stereocenters. The summed E-state index contributed by atoms with van der Waals surface area (Å²) in [5.74, 6) is 0. The van der Waals surface area contributed by atoms with Gasteiger partial charge in [-0.05, 0) is 31.7 Å². The van der Waals surface area contributed by atoms with E-state index >= 15 is 0 Å². The molecule has 1 aromatic carbocycles. The average molecular weight is 222 g/mol. The zero-order valence-corrected chi connectivity index (χ0v) is 10.3. The van der Waals surface area contributed by atoms with Crippen molar-refractivity contribution in [1.82, 2.24) is 0 Å². The number of hydrogen-bond donors (Lipinski definition) is 0. The molecule has 2 aliphatic carbocycles. The van der Waals surface area contributed by atoms with Crippen LogP contribution in [0.2, 0.25) is 0 Å². The monoisotopic (exact) mass is 222 g/mol. The highest BCUT2D eigenvalue weighted by Crippen LogP contribution is 2.40. The highest BCUT2D eigenvalue weighted by atomic mass is 14.3. The van der Waals surface area contributed by atoms with Gasteiger partial charge in [0.1, 0.15) is 0 Å². The van der Waals surface area contributed by atoms with E-state index < -0.39 is 0 Å². The van der Waals surface area contributed by atoms with E-state index in [2.05, 4.69) is 61.6 Å². The fourth-order valence-electron chi connectivity index (χ4n) is 2.56. The van der Waals surface area contributed by atoms with Crippen molar-refractivity contribution in [3.63, 3.8) is 0 Å². The van der Waals surface area contributed by atoms with Gasteiger partial charge < -0.3 is 0 Å². The Labute approximate surface area is 103 Å². The standard InChI is InChI=1S/C17H18/c1-14-6-5-7-16(12-14)17(13-15-8-9-15)10-3-2-4-11-17/h2-7,10,12-13H,8-9,11H2,1H3. The summed E-state index contributed by atoms with van der Waals surface area (Å²) < 4.78 is 0. The van der Waals surface area contributed by atoms with Crippen LogP contribution in [0.5, 0.6) is 0 Å². The molecule has 2 aliphatic rings. The van der Waals surface area contributed by atoms with Crippen molar-refractivity contribution in [1.29, 1.82) is 0 Å². The van der Waals surface area contributed by atoms with Crippen LogP contribution in [-0.4, -0.2) is 0 Å². The Balaban J connectivity index is 2.07. The summed E-state index contributed by atoms with van der Waals surface area (Å²) in [6.07, 6.45) is 15.1. The molecule has 0 amide bonds. The van der Waals surface area contributed by atoms with Gasteiger partial charge in [-0.1, -0.05) is 65.8 Å².